The number of nitrogens with zero attached hydrogens (tertiary/aromatic N) is 1. The lowest BCUT2D eigenvalue weighted by molar-refractivity contribution is 0.176. The third-order valence-corrected chi connectivity index (χ3v) is 6.88. The van der Waals surface area contributed by atoms with Crippen LogP contribution in [0.3, 0.4) is 0 Å². The zero-order valence-corrected chi connectivity index (χ0v) is 20.4. The van der Waals surface area contributed by atoms with Crippen LogP contribution in [0.25, 0.3) is 0 Å². The molecule has 0 bridgehead atoms. The van der Waals surface area contributed by atoms with Crippen molar-refractivity contribution in [3.05, 3.63) is 46.5 Å². The molecule has 1 aliphatic heterocycles. The summed E-state index contributed by atoms with van der Waals surface area (Å²) >= 11 is 6.20. The predicted molar refractivity (Wildman–Crippen MR) is 132 cm³/mol. The molecule has 176 valence electrons. The predicted octanol–water partition coefficient (Wildman–Crippen LogP) is 5.62. The van der Waals surface area contributed by atoms with Gasteiger partial charge in [-0.25, -0.2) is 0 Å². The number of benzene rings is 2. The molecule has 0 aliphatic carbocycles. The molecule has 0 aromatic heterocycles. The molecular weight excluding hydrogens is 424 g/mol. The number of hydrogen-bond acceptors (Lipinski definition) is 5. The first-order chi connectivity index (χ1) is 15.5. The van der Waals surface area contributed by atoms with Gasteiger partial charge in [0, 0.05) is 6.07 Å². The quantitative estimate of drug-likeness (QED) is 0.441. The topological polar surface area (TPSA) is 57.0 Å². The summed E-state index contributed by atoms with van der Waals surface area (Å²) < 4.78 is 16.2. The van der Waals surface area contributed by atoms with Gasteiger partial charge in [-0.15, -0.1) is 0 Å². The van der Waals surface area contributed by atoms with Gasteiger partial charge in [-0.3, -0.25) is 0 Å². The number of methoxy groups -OCH3 is 3. The molecule has 2 aromatic carbocycles. The van der Waals surface area contributed by atoms with Crippen molar-refractivity contribution in [2.75, 3.05) is 46.7 Å². The van der Waals surface area contributed by atoms with Crippen molar-refractivity contribution in [2.24, 2.45) is 5.92 Å². The Morgan fingerprint density at radius 2 is 1.62 bits per heavy atom. The number of likely N-dealkylation sites (tertiary alicyclic amines) is 1. The normalized spacial score (nSPS) is 15.0. The Hall–Kier alpha value is -2.11. The number of nitrogens with two attached hydrogens (primary N) is 1. The number of nitrogen functional groups attached to an aromatic ring is 1. The second-order valence-electron chi connectivity index (χ2n) is 8.66. The maximum Gasteiger partial charge on any atom is 0.160 e. The fourth-order valence-electron chi connectivity index (χ4n) is 4.62. The average molecular weight is 461 g/mol. The number of piperidine rings is 1. The van der Waals surface area contributed by atoms with E-state index in [1.165, 1.54) is 37.9 Å². The minimum Gasteiger partial charge on any atom is -0.496 e. The van der Waals surface area contributed by atoms with E-state index in [0.717, 1.165) is 61.0 Å². The van der Waals surface area contributed by atoms with E-state index in [1.54, 1.807) is 21.3 Å². The molecule has 0 saturated carbocycles. The van der Waals surface area contributed by atoms with Crippen molar-refractivity contribution in [1.82, 2.24) is 4.90 Å². The van der Waals surface area contributed by atoms with Gasteiger partial charge in [-0.2, -0.15) is 0 Å². The van der Waals surface area contributed by atoms with E-state index in [4.69, 9.17) is 31.5 Å². The van der Waals surface area contributed by atoms with Crippen LogP contribution in [0.2, 0.25) is 5.02 Å². The van der Waals surface area contributed by atoms with Gasteiger partial charge in [0.05, 0.1) is 32.0 Å². The lowest BCUT2D eigenvalue weighted by Gasteiger charge is -2.32. The maximum atomic E-state index is 6.20. The lowest BCUT2D eigenvalue weighted by atomic mass is 9.90. The highest BCUT2D eigenvalue weighted by Crippen LogP contribution is 2.31. The smallest absolute Gasteiger partial charge is 0.160 e. The highest BCUT2D eigenvalue weighted by atomic mass is 35.5. The molecule has 1 saturated heterocycles. The van der Waals surface area contributed by atoms with E-state index in [-0.39, 0.29) is 0 Å². The van der Waals surface area contributed by atoms with E-state index in [0.29, 0.717) is 10.7 Å². The van der Waals surface area contributed by atoms with Gasteiger partial charge in [-0.05, 0) is 93.4 Å². The average Bonchev–Trinajstić information content (AvgIpc) is 2.82. The largest absolute Gasteiger partial charge is 0.496 e. The van der Waals surface area contributed by atoms with Gasteiger partial charge in [-0.1, -0.05) is 24.1 Å². The Kier molecular flexibility index (Phi) is 9.36. The second-order valence-corrected chi connectivity index (χ2v) is 9.06. The zero-order chi connectivity index (χ0) is 22.9. The van der Waals surface area contributed by atoms with Gasteiger partial charge in [0.15, 0.2) is 11.5 Å². The van der Waals surface area contributed by atoms with Gasteiger partial charge in [0.2, 0.25) is 0 Å². The zero-order valence-electron chi connectivity index (χ0n) is 19.7. The number of halogens is 1. The fourth-order valence-corrected chi connectivity index (χ4v) is 4.80. The van der Waals surface area contributed by atoms with Crippen LogP contribution < -0.4 is 19.9 Å². The molecular formula is C26H37ClN2O3. The summed E-state index contributed by atoms with van der Waals surface area (Å²) in [5.41, 5.74) is 8.92. The molecule has 0 amide bonds. The van der Waals surface area contributed by atoms with E-state index in [2.05, 4.69) is 17.0 Å². The Balaban J connectivity index is 1.35. The second kappa shape index (κ2) is 12.2. The standard InChI is InChI=1S/C26H37ClN2O3/c1-30-24-10-9-20(16-26(24)32-3)7-5-13-29-14-11-19(12-15-29)6-4-8-21-17-22(27)23(28)18-25(21)31-2/h9-10,16-19H,4-8,11-15,28H2,1-3H3. The van der Waals surface area contributed by atoms with Crippen molar-refractivity contribution in [2.45, 2.75) is 44.9 Å². The van der Waals surface area contributed by atoms with Crippen molar-refractivity contribution < 1.29 is 14.2 Å². The number of ether oxygens (including phenoxy) is 3. The monoisotopic (exact) mass is 460 g/mol. The fraction of sp³-hybridized carbons (Fsp3) is 0.538. The third kappa shape index (κ3) is 6.69. The summed E-state index contributed by atoms with van der Waals surface area (Å²) in [4.78, 5) is 2.61. The number of hydrogen-bond donors (Lipinski definition) is 1. The van der Waals surface area contributed by atoms with Crippen LogP contribution in [0.4, 0.5) is 5.69 Å². The van der Waals surface area contributed by atoms with Gasteiger partial charge < -0.3 is 24.8 Å². The van der Waals surface area contributed by atoms with Gasteiger partial charge >= 0.3 is 0 Å². The van der Waals surface area contributed by atoms with Crippen LogP contribution in [0.1, 0.15) is 43.2 Å². The first-order valence-electron chi connectivity index (χ1n) is 11.6. The maximum absolute atomic E-state index is 6.20. The van der Waals surface area contributed by atoms with E-state index in [9.17, 15) is 0 Å². The minimum absolute atomic E-state index is 0.575. The summed E-state index contributed by atoms with van der Waals surface area (Å²) in [6, 6.07) is 10.0. The highest BCUT2D eigenvalue weighted by molar-refractivity contribution is 6.33. The Morgan fingerprint density at radius 3 is 2.31 bits per heavy atom. The molecule has 1 heterocycles. The van der Waals surface area contributed by atoms with Crippen molar-refractivity contribution >= 4 is 17.3 Å². The SMILES string of the molecule is COc1cc(N)c(Cl)cc1CCCC1CCN(CCCc2ccc(OC)c(OC)c2)CC1. The summed E-state index contributed by atoms with van der Waals surface area (Å²) in [6.07, 6.45) is 8.19. The lowest BCUT2D eigenvalue weighted by Crippen LogP contribution is -2.34. The number of anilines is 1. The van der Waals surface area contributed by atoms with E-state index < -0.39 is 0 Å². The summed E-state index contributed by atoms with van der Waals surface area (Å²) in [6.45, 7) is 3.56. The molecule has 32 heavy (non-hydrogen) atoms. The molecule has 0 radical (unpaired) electrons. The molecule has 5 nitrogen and oxygen atoms in total. The molecule has 2 aromatic rings. The van der Waals surface area contributed by atoms with Crippen LogP contribution in [0.15, 0.2) is 30.3 Å². The van der Waals surface area contributed by atoms with Crippen molar-refractivity contribution in [3.63, 3.8) is 0 Å². The van der Waals surface area contributed by atoms with Crippen molar-refractivity contribution in [3.8, 4) is 17.2 Å². The van der Waals surface area contributed by atoms with E-state index in [1.807, 2.05) is 18.2 Å². The van der Waals surface area contributed by atoms with Crippen LogP contribution >= 0.6 is 11.6 Å². The highest BCUT2D eigenvalue weighted by Gasteiger charge is 2.19. The molecule has 0 unspecified atom stereocenters. The number of rotatable bonds is 11. The Bertz CT molecular complexity index is 866. The van der Waals surface area contributed by atoms with Crippen LogP contribution in [-0.4, -0.2) is 45.9 Å². The summed E-state index contributed by atoms with van der Waals surface area (Å²) in [5.74, 6) is 3.25. The van der Waals surface area contributed by atoms with Gasteiger partial charge in [0.25, 0.3) is 0 Å². The van der Waals surface area contributed by atoms with Crippen LogP contribution in [0.5, 0.6) is 17.2 Å². The van der Waals surface area contributed by atoms with Gasteiger partial charge in [0.1, 0.15) is 5.75 Å². The molecule has 6 heteroatoms. The molecule has 3 rings (SSSR count). The van der Waals surface area contributed by atoms with Crippen LogP contribution in [0, 0.1) is 5.92 Å². The first-order valence-corrected chi connectivity index (χ1v) is 12.0. The molecule has 1 aliphatic rings. The molecule has 0 atom stereocenters. The molecule has 0 spiro atoms. The Labute approximate surface area is 197 Å². The minimum atomic E-state index is 0.575. The Morgan fingerprint density at radius 1 is 0.906 bits per heavy atom. The molecule has 1 fully saturated rings. The van der Waals surface area contributed by atoms with Crippen molar-refractivity contribution in [1.29, 1.82) is 0 Å². The third-order valence-electron chi connectivity index (χ3n) is 6.55. The summed E-state index contributed by atoms with van der Waals surface area (Å²) in [7, 11) is 5.05. The molecule has 2 N–H and O–H groups in total. The number of aryl methyl sites for hydroxylation is 2. The van der Waals surface area contributed by atoms with E-state index >= 15 is 0 Å². The summed E-state index contributed by atoms with van der Waals surface area (Å²) in [5, 5.41) is 0.613. The first kappa shape index (κ1) is 24.5. The van der Waals surface area contributed by atoms with Crippen LogP contribution in [-0.2, 0) is 12.8 Å².